The Morgan fingerprint density at radius 3 is 2.52 bits per heavy atom. The lowest BCUT2D eigenvalue weighted by Crippen LogP contribution is -2.69. The van der Waals surface area contributed by atoms with Crippen LogP contribution in [0.15, 0.2) is 23.8 Å². The summed E-state index contributed by atoms with van der Waals surface area (Å²) < 4.78 is 27.1. The third-order valence-corrected chi connectivity index (χ3v) is 10.3. The van der Waals surface area contributed by atoms with Gasteiger partial charge in [0.25, 0.3) is 5.09 Å². The van der Waals surface area contributed by atoms with Crippen LogP contribution in [0.5, 0.6) is 0 Å². The molecule has 0 heterocycles. The van der Waals surface area contributed by atoms with Gasteiger partial charge in [-0.15, -0.1) is 10.1 Å². The van der Waals surface area contributed by atoms with Crippen molar-refractivity contribution in [1.82, 2.24) is 0 Å². The van der Waals surface area contributed by atoms with Crippen LogP contribution in [-0.2, 0) is 33.5 Å². The molecular formula is C29H39FN2O12. The Morgan fingerprint density at radius 2 is 1.84 bits per heavy atom. The summed E-state index contributed by atoms with van der Waals surface area (Å²) in [4.78, 5) is 64.1. The molecule has 15 heteroatoms. The molecule has 4 rings (SSSR count). The van der Waals surface area contributed by atoms with Gasteiger partial charge >= 0.3 is 11.9 Å². The van der Waals surface area contributed by atoms with Crippen molar-refractivity contribution < 1.29 is 58.3 Å². The van der Waals surface area contributed by atoms with Crippen LogP contribution < -0.4 is 5.73 Å². The number of ether oxygens (including phenoxy) is 2. The van der Waals surface area contributed by atoms with Crippen molar-refractivity contribution in [3.05, 3.63) is 33.9 Å². The molecule has 3 fully saturated rings. The van der Waals surface area contributed by atoms with Gasteiger partial charge in [0.2, 0.25) is 5.78 Å². The molecule has 0 saturated heterocycles. The van der Waals surface area contributed by atoms with Gasteiger partial charge in [0.05, 0.1) is 31.8 Å². The molecule has 1 unspecified atom stereocenters. The van der Waals surface area contributed by atoms with E-state index in [1.54, 1.807) is 6.92 Å². The molecule has 0 aromatic heterocycles. The lowest BCUT2D eigenvalue weighted by molar-refractivity contribution is -0.757. The molecular weight excluding hydrogens is 587 g/mol. The Labute approximate surface area is 252 Å². The second-order valence-electron chi connectivity index (χ2n) is 12.6. The fourth-order valence-electron chi connectivity index (χ4n) is 7.93. The Kier molecular flexibility index (Phi) is 9.37. The van der Waals surface area contributed by atoms with E-state index in [9.17, 15) is 44.6 Å². The largest absolute Gasteiger partial charge is 0.465 e. The molecule has 0 aliphatic heterocycles. The highest BCUT2D eigenvalue weighted by Gasteiger charge is 2.76. The number of aliphatic hydroxyl groups is 3. The van der Waals surface area contributed by atoms with Crippen molar-refractivity contribution in [3.63, 3.8) is 0 Å². The van der Waals surface area contributed by atoms with E-state index in [2.05, 4.69) is 4.84 Å². The van der Waals surface area contributed by atoms with E-state index in [0.717, 1.165) is 0 Å². The molecule has 44 heavy (non-hydrogen) atoms. The first-order chi connectivity index (χ1) is 20.5. The average molecular weight is 627 g/mol. The van der Waals surface area contributed by atoms with Gasteiger partial charge in [-0.05, 0) is 63.5 Å². The van der Waals surface area contributed by atoms with Crippen molar-refractivity contribution in [3.8, 4) is 0 Å². The van der Waals surface area contributed by atoms with E-state index < -0.39 is 88.0 Å². The maximum atomic E-state index is 17.2. The molecule has 5 N–H and O–H groups in total. The van der Waals surface area contributed by atoms with Crippen molar-refractivity contribution >= 4 is 23.5 Å². The predicted molar refractivity (Wildman–Crippen MR) is 146 cm³/mol. The predicted octanol–water partition coefficient (Wildman–Crippen LogP) is 0.421. The molecule has 9 atom stereocenters. The van der Waals surface area contributed by atoms with Crippen LogP contribution in [0.1, 0.15) is 58.8 Å². The normalized spacial score (nSPS) is 38.0. The summed E-state index contributed by atoms with van der Waals surface area (Å²) in [5, 5.41) is 43.3. The van der Waals surface area contributed by atoms with E-state index in [-0.39, 0.29) is 51.1 Å². The zero-order valence-electron chi connectivity index (χ0n) is 24.6. The molecule has 4 aliphatic rings. The lowest BCUT2D eigenvalue weighted by atomic mass is 9.44. The number of Topliss-reactive ketones (excluding diaryl/α,β-unsaturated/α-hetero) is 1. The number of aliphatic hydroxyl groups excluding tert-OH is 2. The molecule has 0 radical (unpaired) electrons. The molecule has 0 aromatic rings. The van der Waals surface area contributed by atoms with E-state index in [4.69, 9.17) is 15.2 Å². The first-order valence-corrected chi connectivity index (χ1v) is 14.6. The van der Waals surface area contributed by atoms with Gasteiger partial charge in [-0.2, -0.15) is 0 Å². The molecule has 244 valence electrons. The maximum Gasteiger partial charge on any atom is 0.323 e. The topological polar surface area (TPSA) is 226 Å². The number of esters is 2. The maximum absolute atomic E-state index is 17.2. The fraction of sp³-hybridized carbons (Fsp3) is 0.724. The third kappa shape index (κ3) is 5.43. The van der Waals surface area contributed by atoms with Gasteiger partial charge in [-0.1, -0.05) is 18.6 Å². The number of ketones is 2. The van der Waals surface area contributed by atoms with Crippen molar-refractivity contribution in [2.24, 2.45) is 28.4 Å². The third-order valence-electron chi connectivity index (χ3n) is 10.3. The number of unbranched alkanes of at least 4 members (excludes halogenated alkanes) is 1. The Balaban J connectivity index is 1.38. The molecule has 0 aromatic carbocycles. The summed E-state index contributed by atoms with van der Waals surface area (Å²) in [7, 11) is 0. The molecule has 4 aliphatic carbocycles. The molecule has 0 bridgehead atoms. The number of alkyl halides is 1. The minimum atomic E-state index is -2.48. The van der Waals surface area contributed by atoms with Crippen LogP contribution >= 0.6 is 0 Å². The number of carbonyl (C=O) groups is 4. The van der Waals surface area contributed by atoms with Gasteiger partial charge in [0, 0.05) is 16.7 Å². The van der Waals surface area contributed by atoms with Crippen LogP contribution in [0.2, 0.25) is 0 Å². The Morgan fingerprint density at radius 1 is 1.16 bits per heavy atom. The number of halogens is 1. The zero-order valence-corrected chi connectivity index (χ0v) is 24.6. The number of rotatable bonds is 12. The molecule has 0 amide bonds. The van der Waals surface area contributed by atoms with E-state index in [1.807, 2.05) is 0 Å². The first kappa shape index (κ1) is 33.6. The monoisotopic (exact) mass is 626 g/mol. The number of nitrogens with zero attached hydrogens (tertiary/aromatic N) is 1. The number of nitrogens with two attached hydrogens (primary N) is 1. The number of hydrogen-bond acceptors (Lipinski definition) is 13. The zero-order chi connectivity index (χ0) is 32.7. The van der Waals surface area contributed by atoms with Crippen LogP contribution in [-0.4, -0.2) is 93.3 Å². The molecule has 3 saturated carbocycles. The summed E-state index contributed by atoms with van der Waals surface area (Å²) in [6, 6.07) is -1.43. The van der Waals surface area contributed by atoms with Crippen molar-refractivity contribution in [1.29, 1.82) is 0 Å². The number of fused-ring (bicyclic) bond motifs is 5. The number of carbonyl (C=O) groups excluding carboxylic acids is 4. The van der Waals surface area contributed by atoms with Crippen LogP contribution in [0.4, 0.5) is 4.39 Å². The summed E-state index contributed by atoms with van der Waals surface area (Å²) in [5.74, 6) is -4.89. The smallest absolute Gasteiger partial charge is 0.323 e. The van der Waals surface area contributed by atoms with E-state index >= 15 is 4.39 Å². The second-order valence-corrected chi connectivity index (χ2v) is 12.6. The highest BCUT2D eigenvalue weighted by Crippen LogP contribution is 2.69. The van der Waals surface area contributed by atoms with Crippen LogP contribution in [0.25, 0.3) is 0 Å². The summed E-state index contributed by atoms with van der Waals surface area (Å²) in [6.07, 6.45) is 0.738. The molecule has 14 nitrogen and oxygen atoms in total. The average Bonchev–Trinajstić information content (AvgIpc) is 3.15. The summed E-state index contributed by atoms with van der Waals surface area (Å²) in [6.45, 7) is 1.87. The number of hydrogen-bond donors (Lipinski definition) is 4. The van der Waals surface area contributed by atoms with Crippen LogP contribution in [0, 0.1) is 32.8 Å². The quantitative estimate of drug-likeness (QED) is 0.0998. The van der Waals surface area contributed by atoms with Crippen molar-refractivity contribution in [2.45, 2.75) is 88.3 Å². The van der Waals surface area contributed by atoms with Gasteiger partial charge in [-0.3, -0.25) is 19.2 Å². The number of allylic oxidation sites excluding steroid dienone is 4. The highest BCUT2D eigenvalue weighted by atomic mass is 19.1. The van der Waals surface area contributed by atoms with Crippen molar-refractivity contribution in [2.75, 3.05) is 19.8 Å². The minimum absolute atomic E-state index is 0.121. The van der Waals surface area contributed by atoms with E-state index in [1.165, 1.54) is 25.2 Å². The lowest BCUT2D eigenvalue weighted by Gasteiger charge is -2.62. The Bertz CT molecular complexity index is 1270. The first-order valence-electron chi connectivity index (χ1n) is 14.6. The molecule has 0 spiro atoms. The summed E-state index contributed by atoms with van der Waals surface area (Å²) in [5.41, 5.74) is -1.23. The fourth-order valence-corrected chi connectivity index (χ4v) is 7.93. The Hall–Kier alpha value is -3.27. The van der Waals surface area contributed by atoms with Crippen LogP contribution in [0.3, 0.4) is 0 Å². The van der Waals surface area contributed by atoms with E-state index in [0.29, 0.717) is 12.0 Å². The SMILES string of the molecule is C[C@]12C=CC(=O)C=C1CC[C@H]1[C@@H]3C[C@H](O)[C@](O)(C(=O)COC(=O)CC(N)C(=O)OCCCCO[N+](=O)[O-])[C@@]3(C)C[C@H](O)[C@@]12F. The van der Waals surface area contributed by atoms with Gasteiger partial charge in [0.1, 0.15) is 6.04 Å². The summed E-state index contributed by atoms with van der Waals surface area (Å²) >= 11 is 0. The van der Waals surface area contributed by atoms with Gasteiger partial charge in [0.15, 0.2) is 23.7 Å². The minimum Gasteiger partial charge on any atom is -0.465 e. The second kappa shape index (κ2) is 12.3. The standard InChI is InChI=1S/C29H39FN2O12/c1-26-8-7-17(33)11-16(26)5-6-18-19-12-21(34)29(39,27(19,2)14-22(35)28(18,26)30)23(36)15-43-24(37)13-20(31)25(38)42-9-3-4-10-44-32(40)41/h7-8,11,18-22,34-35,39H,3-6,9-10,12-15,31H2,1-2H3/t18-,19-,20?,21-,22-,26-,27-,28-,29-/m0/s1. The van der Waals surface area contributed by atoms with Gasteiger partial charge in [-0.25, -0.2) is 4.39 Å². The van der Waals surface area contributed by atoms with Gasteiger partial charge < -0.3 is 35.4 Å². The highest BCUT2D eigenvalue weighted by molar-refractivity contribution is 6.01.